The number of benzene rings is 1. The number of aromatic nitrogens is 1. The fourth-order valence-corrected chi connectivity index (χ4v) is 3.71. The first-order valence-corrected chi connectivity index (χ1v) is 8.82. The molecule has 5 nitrogen and oxygen atoms in total. The van der Waals surface area contributed by atoms with Crippen LogP contribution in [0.4, 0.5) is 0 Å². The standard InChI is InChI=1S/C19H20N2O3S/c1-11-8-17(25-12(11)2)18(22)21-16(19(23)24-3)9-13-10-20-15-7-5-4-6-14(13)15/h4-8,10,16,20H,9H2,1-3H3,(H,21,22). The number of aryl methyl sites for hydroxylation is 2. The Morgan fingerprint density at radius 3 is 2.72 bits per heavy atom. The summed E-state index contributed by atoms with van der Waals surface area (Å²) in [5, 5.41) is 3.85. The summed E-state index contributed by atoms with van der Waals surface area (Å²) in [5.41, 5.74) is 3.03. The minimum Gasteiger partial charge on any atom is -0.467 e. The fourth-order valence-electron chi connectivity index (χ4n) is 2.77. The number of H-pyrrole nitrogens is 1. The molecule has 3 aromatic rings. The van der Waals surface area contributed by atoms with E-state index in [1.807, 2.05) is 50.4 Å². The van der Waals surface area contributed by atoms with Crippen molar-refractivity contribution < 1.29 is 14.3 Å². The van der Waals surface area contributed by atoms with E-state index >= 15 is 0 Å². The number of hydrogen-bond acceptors (Lipinski definition) is 4. The molecule has 2 aromatic heterocycles. The van der Waals surface area contributed by atoms with Gasteiger partial charge in [-0.25, -0.2) is 4.79 Å². The quantitative estimate of drug-likeness (QED) is 0.689. The van der Waals surface area contributed by atoms with Crippen molar-refractivity contribution in [2.45, 2.75) is 26.3 Å². The highest BCUT2D eigenvalue weighted by atomic mass is 32.1. The van der Waals surface area contributed by atoms with Crippen LogP contribution in [-0.4, -0.2) is 30.0 Å². The van der Waals surface area contributed by atoms with Gasteiger partial charge in [0, 0.05) is 28.4 Å². The van der Waals surface area contributed by atoms with Gasteiger partial charge in [-0.3, -0.25) is 4.79 Å². The van der Waals surface area contributed by atoms with E-state index in [4.69, 9.17) is 4.74 Å². The van der Waals surface area contributed by atoms with E-state index in [0.29, 0.717) is 11.3 Å². The normalized spacial score (nSPS) is 12.1. The van der Waals surface area contributed by atoms with E-state index in [1.165, 1.54) is 18.4 Å². The minimum atomic E-state index is -0.737. The Labute approximate surface area is 150 Å². The number of aromatic amines is 1. The van der Waals surface area contributed by atoms with Crippen molar-refractivity contribution in [3.05, 3.63) is 57.4 Å². The second-order valence-corrected chi connectivity index (χ2v) is 7.22. The van der Waals surface area contributed by atoms with Crippen LogP contribution in [0.1, 0.15) is 25.7 Å². The molecule has 0 radical (unpaired) electrons. The van der Waals surface area contributed by atoms with Crippen LogP contribution >= 0.6 is 11.3 Å². The number of rotatable bonds is 5. The Morgan fingerprint density at radius 2 is 2.04 bits per heavy atom. The summed E-state index contributed by atoms with van der Waals surface area (Å²) in [6, 6.07) is 8.96. The average Bonchev–Trinajstić information content (AvgIpc) is 3.17. The zero-order valence-electron chi connectivity index (χ0n) is 14.4. The van der Waals surface area contributed by atoms with Crippen LogP contribution in [0.25, 0.3) is 10.9 Å². The smallest absolute Gasteiger partial charge is 0.328 e. The fraction of sp³-hybridized carbons (Fsp3) is 0.263. The molecule has 6 heteroatoms. The lowest BCUT2D eigenvalue weighted by Gasteiger charge is -2.15. The summed E-state index contributed by atoms with van der Waals surface area (Å²) in [7, 11) is 1.33. The molecule has 1 unspecified atom stereocenters. The lowest BCUT2D eigenvalue weighted by Crippen LogP contribution is -2.42. The molecule has 0 saturated carbocycles. The molecule has 0 saturated heterocycles. The molecule has 1 amide bonds. The molecule has 1 aromatic carbocycles. The first-order valence-electron chi connectivity index (χ1n) is 8.00. The minimum absolute atomic E-state index is 0.253. The van der Waals surface area contributed by atoms with Crippen molar-refractivity contribution in [3.8, 4) is 0 Å². The van der Waals surface area contributed by atoms with Crippen molar-refractivity contribution in [2.75, 3.05) is 7.11 Å². The Kier molecular flexibility index (Phi) is 4.90. The molecule has 3 rings (SSSR count). The number of para-hydroxylation sites is 1. The van der Waals surface area contributed by atoms with Crippen molar-refractivity contribution >= 4 is 34.1 Å². The molecule has 0 aliphatic rings. The zero-order chi connectivity index (χ0) is 18.0. The number of fused-ring (bicyclic) bond motifs is 1. The van der Waals surface area contributed by atoms with E-state index < -0.39 is 12.0 Å². The Hall–Kier alpha value is -2.60. The van der Waals surface area contributed by atoms with E-state index in [1.54, 1.807) is 0 Å². The highest BCUT2D eigenvalue weighted by molar-refractivity contribution is 7.14. The SMILES string of the molecule is COC(=O)C(Cc1c[nH]c2ccccc12)NC(=O)c1cc(C)c(C)s1. The number of esters is 1. The summed E-state index contributed by atoms with van der Waals surface area (Å²) in [6.45, 7) is 3.94. The number of carbonyl (C=O) groups is 2. The van der Waals surface area contributed by atoms with Crippen LogP contribution < -0.4 is 5.32 Å². The molecule has 0 spiro atoms. The Balaban J connectivity index is 1.82. The molecular formula is C19H20N2O3S. The number of carbonyl (C=O) groups excluding carboxylic acids is 2. The maximum absolute atomic E-state index is 12.5. The van der Waals surface area contributed by atoms with Gasteiger partial charge in [-0.15, -0.1) is 11.3 Å². The topological polar surface area (TPSA) is 71.2 Å². The summed E-state index contributed by atoms with van der Waals surface area (Å²) in [5.74, 6) is -0.708. The summed E-state index contributed by atoms with van der Waals surface area (Å²) >= 11 is 1.42. The summed E-state index contributed by atoms with van der Waals surface area (Å²) in [6.07, 6.45) is 2.23. The van der Waals surface area contributed by atoms with Gasteiger partial charge in [0.1, 0.15) is 6.04 Å². The molecule has 2 N–H and O–H groups in total. The van der Waals surface area contributed by atoms with Gasteiger partial charge >= 0.3 is 5.97 Å². The van der Waals surface area contributed by atoms with Gasteiger partial charge in [0.2, 0.25) is 0 Å². The summed E-state index contributed by atoms with van der Waals surface area (Å²) < 4.78 is 4.88. The van der Waals surface area contributed by atoms with Gasteiger partial charge in [-0.2, -0.15) is 0 Å². The maximum Gasteiger partial charge on any atom is 0.328 e. The van der Waals surface area contributed by atoms with Crippen molar-refractivity contribution in [2.24, 2.45) is 0 Å². The van der Waals surface area contributed by atoms with Gasteiger partial charge in [0.05, 0.1) is 12.0 Å². The van der Waals surface area contributed by atoms with Gasteiger partial charge in [0.15, 0.2) is 0 Å². The molecule has 1 atom stereocenters. The van der Waals surface area contributed by atoms with E-state index in [-0.39, 0.29) is 5.91 Å². The third kappa shape index (κ3) is 3.58. The number of ether oxygens (including phenoxy) is 1. The molecule has 0 bridgehead atoms. The number of amides is 1. The second-order valence-electron chi connectivity index (χ2n) is 5.96. The van der Waals surface area contributed by atoms with Gasteiger partial charge in [-0.1, -0.05) is 18.2 Å². The molecular weight excluding hydrogens is 336 g/mol. The van der Waals surface area contributed by atoms with E-state index in [9.17, 15) is 9.59 Å². The molecule has 2 heterocycles. The lowest BCUT2D eigenvalue weighted by molar-refractivity contribution is -0.142. The number of nitrogens with one attached hydrogen (secondary N) is 2. The van der Waals surface area contributed by atoms with Crippen molar-refractivity contribution in [1.82, 2.24) is 10.3 Å². The van der Waals surface area contributed by atoms with Crippen molar-refractivity contribution in [1.29, 1.82) is 0 Å². The third-order valence-electron chi connectivity index (χ3n) is 4.28. The highest BCUT2D eigenvalue weighted by Gasteiger charge is 2.24. The van der Waals surface area contributed by atoms with Crippen molar-refractivity contribution in [3.63, 3.8) is 0 Å². The zero-order valence-corrected chi connectivity index (χ0v) is 15.2. The molecule has 0 fully saturated rings. The molecule has 130 valence electrons. The van der Waals surface area contributed by atoms with Gasteiger partial charge in [-0.05, 0) is 37.1 Å². The predicted octanol–water partition coefficient (Wildman–Crippen LogP) is 3.36. The van der Waals surface area contributed by atoms with Crippen LogP contribution in [0.5, 0.6) is 0 Å². The van der Waals surface area contributed by atoms with Crippen LogP contribution in [0, 0.1) is 13.8 Å². The molecule has 25 heavy (non-hydrogen) atoms. The van der Waals surface area contributed by atoms with E-state index in [2.05, 4.69) is 10.3 Å². The number of methoxy groups -OCH3 is 1. The number of hydrogen-bond donors (Lipinski definition) is 2. The number of thiophene rings is 1. The van der Waals surface area contributed by atoms with Crippen LogP contribution in [0.15, 0.2) is 36.5 Å². The monoisotopic (exact) mass is 356 g/mol. The first kappa shape index (κ1) is 17.2. The molecule has 0 aliphatic heterocycles. The lowest BCUT2D eigenvalue weighted by atomic mass is 10.0. The van der Waals surface area contributed by atoms with Gasteiger partial charge in [0.25, 0.3) is 5.91 Å². The van der Waals surface area contributed by atoms with Crippen LogP contribution in [0.3, 0.4) is 0 Å². The predicted molar refractivity (Wildman–Crippen MR) is 99.1 cm³/mol. The van der Waals surface area contributed by atoms with Crippen LogP contribution in [-0.2, 0) is 16.0 Å². The average molecular weight is 356 g/mol. The Morgan fingerprint density at radius 1 is 1.28 bits per heavy atom. The maximum atomic E-state index is 12.5. The Bertz CT molecular complexity index is 906. The molecule has 0 aliphatic carbocycles. The third-order valence-corrected chi connectivity index (χ3v) is 5.43. The van der Waals surface area contributed by atoms with Crippen LogP contribution in [0.2, 0.25) is 0 Å². The summed E-state index contributed by atoms with van der Waals surface area (Å²) in [4.78, 5) is 29.6. The highest BCUT2D eigenvalue weighted by Crippen LogP contribution is 2.22. The van der Waals surface area contributed by atoms with Gasteiger partial charge < -0.3 is 15.0 Å². The van der Waals surface area contributed by atoms with E-state index in [0.717, 1.165) is 26.9 Å². The largest absolute Gasteiger partial charge is 0.467 e. The second kappa shape index (κ2) is 7.11. The first-order chi connectivity index (χ1) is 12.0.